The van der Waals surface area contributed by atoms with Gasteiger partial charge in [0.25, 0.3) is 0 Å². The maximum absolute atomic E-state index is 7.39. The monoisotopic (exact) mass is 393 g/mol. The highest BCUT2D eigenvalue weighted by molar-refractivity contribution is 6.02. The Kier molecular flexibility index (Phi) is 6.48. The first-order chi connectivity index (χ1) is 14.0. The van der Waals surface area contributed by atoms with Gasteiger partial charge in [-0.15, -0.1) is 5.11 Å². The first-order valence-electron chi connectivity index (χ1n) is 9.63. The summed E-state index contributed by atoms with van der Waals surface area (Å²) in [6.45, 7) is 8.71. The van der Waals surface area contributed by atoms with Gasteiger partial charge in [-0.25, -0.2) is 5.53 Å². The van der Waals surface area contributed by atoms with Gasteiger partial charge in [-0.1, -0.05) is 13.8 Å². The fraction of sp³-hybridized carbons (Fsp3) is 0.400. The van der Waals surface area contributed by atoms with Gasteiger partial charge >= 0.3 is 0 Å². The van der Waals surface area contributed by atoms with Crippen LogP contribution in [0.4, 0.5) is 5.69 Å². The number of rotatable bonds is 6. The molecular weight excluding hydrogens is 366 g/mol. The van der Waals surface area contributed by atoms with E-state index in [2.05, 4.69) is 68.2 Å². The number of pyridine rings is 1. The number of amidine groups is 1. The molecular formula is C20H27N9. The Bertz CT molecular complexity index is 905. The smallest absolute Gasteiger partial charge is 0.220 e. The number of aromatic nitrogens is 3. The van der Waals surface area contributed by atoms with Gasteiger partial charge in [0.15, 0.2) is 0 Å². The van der Waals surface area contributed by atoms with Crippen LogP contribution in [0.1, 0.15) is 37.7 Å². The molecule has 0 spiro atoms. The van der Waals surface area contributed by atoms with E-state index in [1.165, 1.54) is 0 Å². The number of allylic oxidation sites excluding steroid dienone is 1. The predicted octanol–water partition coefficient (Wildman–Crippen LogP) is 2.90. The second kappa shape index (κ2) is 9.22. The van der Waals surface area contributed by atoms with Crippen LogP contribution < -0.4 is 10.7 Å². The third-order valence-corrected chi connectivity index (χ3v) is 4.75. The molecule has 0 fully saturated rings. The molecule has 0 aliphatic carbocycles. The van der Waals surface area contributed by atoms with Crippen molar-refractivity contribution in [3.05, 3.63) is 59.4 Å². The third-order valence-electron chi connectivity index (χ3n) is 4.75. The molecule has 29 heavy (non-hydrogen) atoms. The summed E-state index contributed by atoms with van der Waals surface area (Å²) in [5.41, 5.74) is 11.9. The minimum Gasteiger partial charge on any atom is -0.366 e. The van der Waals surface area contributed by atoms with Crippen LogP contribution in [0.15, 0.2) is 52.7 Å². The Morgan fingerprint density at radius 1 is 1.34 bits per heavy atom. The second-order valence-corrected chi connectivity index (χ2v) is 7.47. The summed E-state index contributed by atoms with van der Waals surface area (Å²) in [6, 6.07) is 5.97. The zero-order valence-electron chi connectivity index (χ0n) is 17.1. The Labute approximate surface area is 170 Å². The number of hydrogen-bond acceptors (Lipinski definition) is 8. The molecule has 3 heterocycles. The van der Waals surface area contributed by atoms with Gasteiger partial charge in [-0.3, -0.25) is 4.98 Å². The largest absolute Gasteiger partial charge is 0.366 e. The topological polar surface area (TPSA) is 120 Å². The molecule has 0 radical (unpaired) electrons. The van der Waals surface area contributed by atoms with Crippen molar-refractivity contribution in [3.8, 4) is 0 Å². The van der Waals surface area contributed by atoms with Gasteiger partial charge in [-0.2, -0.15) is 15.3 Å². The molecule has 2 aromatic rings. The summed E-state index contributed by atoms with van der Waals surface area (Å²) in [6.07, 6.45) is 6.49. The van der Waals surface area contributed by atoms with Crippen molar-refractivity contribution >= 4 is 11.5 Å². The van der Waals surface area contributed by atoms with Crippen LogP contribution in [0.3, 0.4) is 0 Å². The van der Waals surface area contributed by atoms with E-state index < -0.39 is 0 Å². The van der Waals surface area contributed by atoms with Crippen LogP contribution in [-0.2, 0) is 13.0 Å². The molecule has 0 amide bonds. The number of nitrogens with zero attached hydrogens (tertiary/aromatic N) is 7. The molecule has 0 saturated carbocycles. The highest BCUT2D eigenvalue weighted by Crippen LogP contribution is 2.27. The molecule has 0 saturated heterocycles. The maximum Gasteiger partial charge on any atom is 0.220 e. The van der Waals surface area contributed by atoms with Gasteiger partial charge in [-0.05, 0) is 43.0 Å². The van der Waals surface area contributed by atoms with Gasteiger partial charge in [0.05, 0.1) is 17.9 Å². The molecule has 2 aromatic heterocycles. The second-order valence-electron chi connectivity index (χ2n) is 7.47. The molecule has 9 nitrogen and oxygen atoms in total. The van der Waals surface area contributed by atoms with Crippen molar-refractivity contribution in [1.82, 2.24) is 20.1 Å². The Morgan fingerprint density at radius 2 is 2.17 bits per heavy atom. The van der Waals surface area contributed by atoms with Crippen LogP contribution in [0.25, 0.3) is 0 Å². The average Bonchev–Trinajstić information content (AvgIpc) is 2.71. The number of anilines is 1. The van der Waals surface area contributed by atoms with E-state index in [4.69, 9.17) is 11.4 Å². The highest BCUT2D eigenvalue weighted by Gasteiger charge is 2.22. The predicted molar refractivity (Wildman–Crippen MR) is 112 cm³/mol. The van der Waals surface area contributed by atoms with Crippen LogP contribution in [-0.4, -0.2) is 39.0 Å². The van der Waals surface area contributed by atoms with E-state index >= 15 is 0 Å². The number of hydrazone groups is 1. The first kappa shape index (κ1) is 20.4. The number of nitrogens with one attached hydrogen (secondary N) is 1. The summed E-state index contributed by atoms with van der Waals surface area (Å²) < 4.78 is 0. The zero-order chi connectivity index (χ0) is 20.8. The van der Waals surface area contributed by atoms with Gasteiger partial charge in [0, 0.05) is 37.4 Å². The summed E-state index contributed by atoms with van der Waals surface area (Å²) in [5, 5.41) is 15.2. The van der Waals surface area contributed by atoms with E-state index in [1.54, 1.807) is 6.20 Å². The minimum atomic E-state index is 0.115. The lowest BCUT2D eigenvalue weighted by atomic mass is 10.0. The molecule has 3 N–H and O–H groups in total. The standard InChI is InChI=1S/C20H27N9/c1-14(2)9-16-10-18(19(23-11-16)20(25-21)26-22)29-8-7-28(15(3)12-29)13-17-5-4-6-24-27-17/h4-6,10-12,14,21H,7-9,13,22H2,1-3H3/b25-21?,26-20-. The molecule has 1 aliphatic rings. The summed E-state index contributed by atoms with van der Waals surface area (Å²) in [5.74, 6) is 6.08. The van der Waals surface area contributed by atoms with Crippen molar-refractivity contribution in [1.29, 1.82) is 5.53 Å². The molecule has 0 aromatic carbocycles. The first-order valence-corrected chi connectivity index (χ1v) is 9.63. The van der Waals surface area contributed by atoms with E-state index in [9.17, 15) is 0 Å². The molecule has 0 unspecified atom stereocenters. The van der Waals surface area contributed by atoms with Gasteiger partial charge < -0.3 is 15.6 Å². The number of hydrogen-bond donors (Lipinski definition) is 2. The lowest BCUT2D eigenvalue weighted by Gasteiger charge is -2.35. The summed E-state index contributed by atoms with van der Waals surface area (Å²) >= 11 is 0. The van der Waals surface area contributed by atoms with Crippen molar-refractivity contribution in [2.45, 2.75) is 33.7 Å². The van der Waals surface area contributed by atoms with Gasteiger partial charge in [0.2, 0.25) is 5.84 Å². The molecule has 0 bridgehead atoms. The molecule has 1 aliphatic heterocycles. The fourth-order valence-corrected chi connectivity index (χ4v) is 3.40. The van der Waals surface area contributed by atoms with Crippen molar-refractivity contribution in [3.63, 3.8) is 0 Å². The molecule has 152 valence electrons. The van der Waals surface area contributed by atoms with E-state index in [-0.39, 0.29) is 5.84 Å². The zero-order valence-corrected chi connectivity index (χ0v) is 17.1. The van der Waals surface area contributed by atoms with Gasteiger partial charge in [0.1, 0.15) is 5.69 Å². The minimum absolute atomic E-state index is 0.115. The Hall–Kier alpha value is -3.36. The number of nitrogens with two attached hydrogens (primary N) is 1. The SMILES string of the molecule is CC1=CN(c2cc(CC(C)C)cnc2/C(N=N)=N/N)CCN1Cc1cccnn1. The Balaban J connectivity index is 1.91. The quantitative estimate of drug-likeness (QED) is 0.256. The lowest BCUT2D eigenvalue weighted by Crippen LogP contribution is -2.38. The van der Waals surface area contributed by atoms with Crippen LogP contribution in [0, 0.1) is 11.4 Å². The van der Waals surface area contributed by atoms with Crippen molar-refractivity contribution in [2.24, 2.45) is 22.0 Å². The van der Waals surface area contributed by atoms with Crippen molar-refractivity contribution in [2.75, 3.05) is 18.0 Å². The third kappa shape index (κ3) is 4.92. The van der Waals surface area contributed by atoms with E-state index in [1.807, 2.05) is 18.3 Å². The van der Waals surface area contributed by atoms with Crippen LogP contribution in [0.5, 0.6) is 0 Å². The summed E-state index contributed by atoms with van der Waals surface area (Å²) in [7, 11) is 0. The lowest BCUT2D eigenvalue weighted by molar-refractivity contribution is 0.325. The molecule has 9 heteroatoms. The maximum atomic E-state index is 7.39. The van der Waals surface area contributed by atoms with E-state index in [0.29, 0.717) is 18.2 Å². The van der Waals surface area contributed by atoms with Crippen LogP contribution >= 0.6 is 0 Å². The van der Waals surface area contributed by atoms with Crippen molar-refractivity contribution < 1.29 is 0 Å². The highest BCUT2D eigenvalue weighted by atomic mass is 15.3. The molecule has 0 atom stereocenters. The average molecular weight is 393 g/mol. The normalized spacial score (nSPS) is 14.9. The van der Waals surface area contributed by atoms with Crippen LogP contribution in [0.2, 0.25) is 0 Å². The Morgan fingerprint density at radius 3 is 2.79 bits per heavy atom. The fourth-order valence-electron chi connectivity index (χ4n) is 3.40. The summed E-state index contributed by atoms with van der Waals surface area (Å²) in [4.78, 5) is 8.93. The van der Waals surface area contributed by atoms with E-state index in [0.717, 1.165) is 42.2 Å². The molecule has 3 rings (SSSR count).